The van der Waals surface area contributed by atoms with Crippen molar-refractivity contribution in [3.8, 4) is 0 Å². The molecule has 1 amide bonds. The van der Waals surface area contributed by atoms with Gasteiger partial charge in [-0.05, 0) is 13.0 Å². The molecule has 0 saturated carbocycles. The van der Waals surface area contributed by atoms with E-state index in [0.717, 1.165) is 0 Å². The van der Waals surface area contributed by atoms with Gasteiger partial charge in [0, 0.05) is 18.7 Å². The molecule has 0 saturated heterocycles. The lowest BCUT2D eigenvalue weighted by Gasteiger charge is -2.09. The molecule has 5 heteroatoms. The van der Waals surface area contributed by atoms with Crippen LogP contribution in [0, 0.1) is 0 Å². The van der Waals surface area contributed by atoms with Gasteiger partial charge in [-0.3, -0.25) is 4.79 Å². The minimum absolute atomic E-state index is 0.0205. The summed E-state index contributed by atoms with van der Waals surface area (Å²) in [7, 11) is 0. The predicted octanol–water partition coefficient (Wildman–Crippen LogP) is 1.88. The second kappa shape index (κ2) is 3.46. The highest BCUT2D eigenvalue weighted by Crippen LogP contribution is 2.26. The van der Waals surface area contributed by atoms with Crippen molar-refractivity contribution in [1.82, 2.24) is 4.98 Å². The van der Waals surface area contributed by atoms with Gasteiger partial charge in [-0.2, -0.15) is 0 Å². The molecule has 74 valence electrons. The molecule has 0 radical (unpaired) electrons. The van der Waals surface area contributed by atoms with E-state index in [0.29, 0.717) is 22.9 Å². The fourth-order valence-electron chi connectivity index (χ4n) is 1.41. The minimum atomic E-state index is -0.0205. The molecule has 0 fully saturated rings. The van der Waals surface area contributed by atoms with E-state index in [9.17, 15) is 4.79 Å². The number of anilines is 2. The number of hydrogen-bond acceptors (Lipinski definition) is 3. The second-order valence-electron chi connectivity index (χ2n) is 3.35. The first kappa shape index (κ1) is 9.27. The molecule has 1 unspecified atom stereocenters. The molecule has 1 aromatic heterocycles. The molecule has 1 aliphatic heterocycles. The SMILES string of the molecule is CC1CC(=O)Nc2cc(Cl)cnc2N1. The number of hydrogen-bond donors (Lipinski definition) is 2. The zero-order valence-corrected chi connectivity index (χ0v) is 8.43. The van der Waals surface area contributed by atoms with Crippen LogP contribution in [-0.4, -0.2) is 16.9 Å². The van der Waals surface area contributed by atoms with Crippen LogP contribution in [0.5, 0.6) is 0 Å². The Bertz CT molecular complexity index is 380. The van der Waals surface area contributed by atoms with Crippen LogP contribution in [0.25, 0.3) is 0 Å². The monoisotopic (exact) mass is 211 g/mol. The van der Waals surface area contributed by atoms with E-state index >= 15 is 0 Å². The van der Waals surface area contributed by atoms with Crippen LogP contribution in [0.4, 0.5) is 11.5 Å². The quantitative estimate of drug-likeness (QED) is 0.689. The lowest BCUT2D eigenvalue weighted by molar-refractivity contribution is -0.116. The summed E-state index contributed by atoms with van der Waals surface area (Å²) in [4.78, 5) is 15.5. The third-order valence-corrected chi connectivity index (χ3v) is 2.21. The van der Waals surface area contributed by atoms with Gasteiger partial charge < -0.3 is 10.6 Å². The summed E-state index contributed by atoms with van der Waals surface area (Å²) >= 11 is 5.77. The number of amides is 1. The third-order valence-electron chi connectivity index (χ3n) is 2.00. The van der Waals surface area contributed by atoms with Gasteiger partial charge in [0.2, 0.25) is 5.91 Å². The topological polar surface area (TPSA) is 54.0 Å². The maximum Gasteiger partial charge on any atom is 0.226 e. The second-order valence-corrected chi connectivity index (χ2v) is 3.78. The average Bonchev–Trinajstić information content (AvgIpc) is 2.21. The van der Waals surface area contributed by atoms with Gasteiger partial charge in [-0.25, -0.2) is 4.98 Å². The Labute approximate surface area is 86.7 Å². The van der Waals surface area contributed by atoms with Crippen molar-refractivity contribution in [1.29, 1.82) is 0 Å². The molecule has 0 bridgehead atoms. The van der Waals surface area contributed by atoms with Gasteiger partial charge in [0.15, 0.2) is 0 Å². The zero-order chi connectivity index (χ0) is 10.1. The fraction of sp³-hybridized carbons (Fsp3) is 0.333. The highest BCUT2D eigenvalue weighted by molar-refractivity contribution is 6.30. The lowest BCUT2D eigenvalue weighted by atomic mass is 10.2. The van der Waals surface area contributed by atoms with Gasteiger partial charge in [-0.1, -0.05) is 11.6 Å². The van der Waals surface area contributed by atoms with Gasteiger partial charge in [0.1, 0.15) is 5.82 Å². The summed E-state index contributed by atoms with van der Waals surface area (Å²) in [5, 5.41) is 6.39. The van der Waals surface area contributed by atoms with Crippen molar-refractivity contribution in [2.45, 2.75) is 19.4 Å². The molecular weight excluding hydrogens is 202 g/mol. The molecule has 1 aliphatic rings. The normalized spacial score (nSPS) is 20.4. The largest absolute Gasteiger partial charge is 0.365 e. The summed E-state index contributed by atoms with van der Waals surface area (Å²) in [6, 6.07) is 1.78. The van der Waals surface area contributed by atoms with Crippen LogP contribution >= 0.6 is 11.6 Å². The van der Waals surface area contributed by atoms with Gasteiger partial charge in [-0.15, -0.1) is 0 Å². The van der Waals surface area contributed by atoms with E-state index in [1.807, 2.05) is 6.92 Å². The minimum Gasteiger partial charge on any atom is -0.365 e. The van der Waals surface area contributed by atoms with Crippen molar-refractivity contribution in [2.24, 2.45) is 0 Å². The Kier molecular flexibility index (Phi) is 2.29. The van der Waals surface area contributed by atoms with Crippen LogP contribution in [0.1, 0.15) is 13.3 Å². The standard InChI is InChI=1S/C9H10ClN3O/c1-5-2-8(14)13-7-3-6(10)4-11-9(7)12-5/h3-5H,2H2,1H3,(H,11,12)(H,13,14). The van der Waals surface area contributed by atoms with Gasteiger partial charge >= 0.3 is 0 Å². The van der Waals surface area contributed by atoms with Crippen LogP contribution < -0.4 is 10.6 Å². The number of carbonyl (C=O) groups is 1. The Morgan fingerprint density at radius 1 is 1.64 bits per heavy atom. The van der Waals surface area contributed by atoms with Crippen LogP contribution in [0.3, 0.4) is 0 Å². The molecule has 0 aromatic carbocycles. The number of nitrogens with one attached hydrogen (secondary N) is 2. The van der Waals surface area contributed by atoms with Crippen LogP contribution in [-0.2, 0) is 4.79 Å². The maximum atomic E-state index is 11.3. The van der Waals surface area contributed by atoms with E-state index in [4.69, 9.17) is 11.6 Å². The van der Waals surface area contributed by atoms with Crippen LogP contribution in [0.2, 0.25) is 5.02 Å². The molecule has 0 aliphatic carbocycles. The van der Waals surface area contributed by atoms with Crippen molar-refractivity contribution >= 4 is 29.0 Å². The fourth-order valence-corrected chi connectivity index (χ4v) is 1.57. The predicted molar refractivity (Wildman–Crippen MR) is 55.6 cm³/mol. The third kappa shape index (κ3) is 1.80. The molecule has 4 nitrogen and oxygen atoms in total. The van der Waals surface area contributed by atoms with Gasteiger partial charge in [0.05, 0.1) is 10.7 Å². The van der Waals surface area contributed by atoms with Crippen molar-refractivity contribution < 1.29 is 4.79 Å². The number of carbonyl (C=O) groups excluding carboxylic acids is 1. The van der Waals surface area contributed by atoms with E-state index in [1.165, 1.54) is 0 Å². The molecule has 2 N–H and O–H groups in total. The summed E-state index contributed by atoms with van der Waals surface area (Å²) in [5.74, 6) is 0.653. The lowest BCUT2D eigenvalue weighted by Crippen LogP contribution is -2.19. The first-order chi connectivity index (χ1) is 6.65. The Balaban J connectivity index is 2.41. The summed E-state index contributed by atoms with van der Waals surface area (Å²) in [5.41, 5.74) is 0.645. The number of aromatic nitrogens is 1. The number of pyridine rings is 1. The average molecular weight is 212 g/mol. The molecule has 0 spiro atoms. The number of nitrogens with zero attached hydrogens (tertiary/aromatic N) is 1. The van der Waals surface area contributed by atoms with Crippen molar-refractivity contribution in [3.05, 3.63) is 17.3 Å². The molecule has 1 aromatic rings. The van der Waals surface area contributed by atoms with Crippen LogP contribution in [0.15, 0.2) is 12.3 Å². The molecule has 14 heavy (non-hydrogen) atoms. The Morgan fingerprint density at radius 2 is 2.43 bits per heavy atom. The van der Waals surface area contributed by atoms with E-state index in [2.05, 4.69) is 15.6 Å². The molecule has 2 heterocycles. The molecular formula is C9H10ClN3O. The highest BCUT2D eigenvalue weighted by Gasteiger charge is 2.18. The van der Waals surface area contributed by atoms with E-state index in [1.54, 1.807) is 12.3 Å². The summed E-state index contributed by atoms with van der Waals surface area (Å²) in [6.45, 7) is 1.94. The summed E-state index contributed by atoms with van der Waals surface area (Å²) in [6.07, 6.45) is 1.99. The van der Waals surface area contributed by atoms with E-state index in [-0.39, 0.29) is 11.9 Å². The van der Waals surface area contributed by atoms with E-state index < -0.39 is 0 Å². The number of fused-ring (bicyclic) bond motifs is 1. The smallest absolute Gasteiger partial charge is 0.226 e. The van der Waals surface area contributed by atoms with Crippen molar-refractivity contribution in [2.75, 3.05) is 10.6 Å². The van der Waals surface area contributed by atoms with Crippen molar-refractivity contribution in [3.63, 3.8) is 0 Å². The first-order valence-electron chi connectivity index (χ1n) is 4.37. The van der Waals surface area contributed by atoms with Gasteiger partial charge in [0.25, 0.3) is 0 Å². The zero-order valence-electron chi connectivity index (χ0n) is 7.67. The maximum absolute atomic E-state index is 11.3. The Hall–Kier alpha value is -1.29. The Morgan fingerprint density at radius 3 is 3.21 bits per heavy atom. The number of rotatable bonds is 0. The highest BCUT2D eigenvalue weighted by atomic mass is 35.5. The molecule has 1 atom stereocenters. The number of halogens is 1. The summed E-state index contributed by atoms with van der Waals surface area (Å²) < 4.78 is 0. The first-order valence-corrected chi connectivity index (χ1v) is 4.75. The molecule has 2 rings (SSSR count).